The Balaban J connectivity index is 1.77. The number of carbonyl (C=O) groups is 1. The van der Waals surface area contributed by atoms with E-state index >= 15 is 0 Å². The highest BCUT2D eigenvalue weighted by atomic mass is 35.5. The second-order valence-corrected chi connectivity index (χ2v) is 7.12. The molecule has 7 heteroatoms. The largest absolute Gasteiger partial charge is 0.497 e. The monoisotopic (exact) mass is 422 g/mol. The molecule has 0 aliphatic carbocycles. The molecule has 4 rings (SSSR count). The lowest BCUT2D eigenvalue weighted by atomic mass is 10.1. The number of ether oxygens (including phenoxy) is 2. The van der Waals surface area contributed by atoms with Crippen LogP contribution in [0.15, 0.2) is 65.5 Å². The SMILES string of the molecule is COc1ccc2c(c1)c(=O)c1ccccc1n2CC(=O)Nc1ccc(OC)c(Cl)c1. The van der Waals surface area contributed by atoms with Crippen molar-refractivity contribution >= 4 is 45.0 Å². The summed E-state index contributed by atoms with van der Waals surface area (Å²) in [6, 6.07) is 17.5. The highest BCUT2D eigenvalue weighted by Gasteiger charge is 2.14. The van der Waals surface area contributed by atoms with Crippen molar-refractivity contribution in [1.82, 2.24) is 4.57 Å². The van der Waals surface area contributed by atoms with Crippen LogP contribution in [-0.4, -0.2) is 24.7 Å². The molecule has 0 aliphatic heterocycles. The number of carbonyl (C=O) groups excluding carboxylic acids is 1. The van der Waals surface area contributed by atoms with Crippen LogP contribution < -0.4 is 20.2 Å². The first-order valence-corrected chi connectivity index (χ1v) is 9.62. The summed E-state index contributed by atoms with van der Waals surface area (Å²) in [5, 5.41) is 4.28. The van der Waals surface area contributed by atoms with Crippen molar-refractivity contribution in [3.63, 3.8) is 0 Å². The van der Waals surface area contributed by atoms with Gasteiger partial charge in [0.1, 0.15) is 18.0 Å². The Hall–Kier alpha value is -3.51. The Labute approximate surface area is 177 Å². The molecule has 30 heavy (non-hydrogen) atoms. The standard InChI is InChI=1S/C23H19ClN2O4/c1-29-15-8-9-20-17(12-15)23(28)16-5-3-4-6-19(16)26(20)13-22(27)25-14-7-10-21(30-2)18(24)11-14/h3-12H,13H2,1-2H3,(H,25,27). The molecule has 6 nitrogen and oxygen atoms in total. The summed E-state index contributed by atoms with van der Waals surface area (Å²) in [4.78, 5) is 25.8. The molecule has 3 aromatic carbocycles. The second-order valence-electron chi connectivity index (χ2n) is 6.71. The van der Waals surface area contributed by atoms with E-state index in [9.17, 15) is 9.59 Å². The van der Waals surface area contributed by atoms with E-state index in [1.165, 1.54) is 7.11 Å². The van der Waals surface area contributed by atoms with Gasteiger partial charge >= 0.3 is 0 Å². The number of fused-ring (bicyclic) bond motifs is 2. The molecule has 1 amide bonds. The molecule has 0 unspecified atom stereocenters. The number of hydrogen-bond acceptors (Lipinski definition) is 4. The number of nitrogens with one attached hydrogen (secondary N) is 1. The van der Waals surface area contributed by atoms with Gasteiger partial charge < -0.3 is 19.4 Å². The van der Waals surface area contributed by atoms with Crippen LogP contribution in [0.4, 0.5) is 5.69 Å². The highest BCUT2D eigenvalue weighted by Crippen LogP contribution is 2.27. The smallest absolute Gasteiger partial charge is 0.244 e. The number of para-hydroxylation sites is 1. The summed E-state index contributed by atoms with van der Waals surface area (Å²) in [6.07, 6.45) is 0. The minimum Gasteiger partial charge on any atom is -0.497 e. The third-order valence-corrected chi connectivity index (χ3v) is 5.21. The van der Waals surface area contributed by atoms with Crippen LogP contribution >= 0.6 is 11.6 Å². The van der Waals surface area contributed by atoms with E-state index in [0.717, 1.165) is 0 Å². The van der Waals surface area contributed by atoms with E-state index < -0.39 is 0 Å². The minimum atomic E-state index is -0.248. The molecule has 0 aliphatic rings. The van der Waals surface area contributed by atoms with Gasteiger partial charge in [0.05, 0.1) is 30.3 Å². The molecule has 1 aromatic heterocycles. The summed E-state index contributed by atoms with van der Waals surface area (Å²) in [6.45, 7) is 0.0211. The van der Waals surface area contributed by atoms with Crippen LogP contribution in [0, 0.1) is 0 Å². The summed E-state index contributed by atoms with van der Waals surface area (Å²) in [5.41, 5.74) is 1.80. The van der Waals surface area contributed by atoms with Crippen LogP contribution in [0.2, 0.25) is 5.02 Å². The molecule has 1 heterocycles. The summed E-state index contributed by atoms with van der Waals surface area (Å²) in [7, 11) is 3.08. The Morgan fingerprint density at radius 2 is 1.73 bits per heavy atom. The zero-order valence-electron chi connectivity index (χ0n) is 16.4. The number of amides is 1. The number of halogens is 1. The summed E-state index contributed by atoms with van der Waals surface area (Å²) >= 11 is 6.15. The topological polar surface area (TPSA) is 69.6 Å². The van der Waals surface area contributed by atoms with Gasteiger partial charge in [-0.05, 0) is 48.5 Å². The number of anilines is 1. The zero-order chi connectivity index (χ0) is 21.3. The van der Waals surface area contributed by atoms with Gasteiger partial charge in [0.25, 0.3) is 0 Å². The first-order chi connectivity index (χ1) is 14.5. The van der Waals surface area contributed by atoms with E-state index in [4.69, 9.17) is 21.1 Å². The van der Waals surface area contributed by atoms with Gasteiger partial charge in [-0.2, -0.15) is 0 Å². The lowest BCUT2D eigenvalue weighted by molar-refractivity contribution is -0.116. The first-order valence-electron chi connectivity index (χ1n) is 9.24. The average molecular weight is 423 g/mol. The average Bonchev–Trinajstić information content (AvgIpc) is 2.76. The Bertz CT molecular complexity index is 1330. The fourth-order valence-corrected chi connectivity index (χ4v) is 3.75. The number of rotatable bonds is 5. The van der Waals surface area contributed by atoms with Crippen LogP contribution in [-0.2, 0) is 11.3 Å². The molecule has 0 radical (unpaired) electrons. The Kier molecular flexibility index (Phi) is 5.33. The number of aromatic nitrogens is 1. The third-order valence-electron chi connectivity index (χ3n) is 4.92. The number of benzene rings is 3. The third kappa shape index (κ3) is 3.57. The van der Waals surface area contributed by atoms with Gasteiger partial charge in [-0.15, -0.1) is 0 Å². The van der Waals surface area contributed by atoms with Crippen molar-refractivity contribution in [2.24, 2.45) is 0 Å². The number of hydrogen-bond donors (Lipinski definition) is 1. The number of pyridine rings is 1. The van der Waals surface area contributed by atoms with Crippen LogP contribution in [0.3, 0.4) is 0 Å². The molecular formula is C23H19ClN2O4. The molecule has 1 N–H and O–H groups in total. The van der Waals surface area contributed by atoms with Gasteiger partial charge in [0.15, 0.2) is 5.43 Å². The van der Waals surface area contributed by atoms with Crippen molar-refractivity contribution in [2.45, 2.75) is 6.54 Å². The zero-order valence-corrected chi connectivity index (χ0v) is 17.2. The van der Waals surface area contributed by atoms with E-state index in [-0.39, 0.29) is 17.9 Å². The van der Waals surface area contributed by atoms with Gasteiger partial charge in [0.2, 0.25) is 5.91 Å². The maximum atomic E-state index is 13.0. The van der Waals surface area contributed by atoms with Crippen molar-refractivity contribution in [1.29, 1.82) is 0 Å². The van der Waals surface area contributed by atoms with Gasteiger partial charge in [-0.3, -0.25) is 9.59 Å². The van der Waals surface area contributed by atoms with E-state index in [2.05, 4.69) is 5.32 Å². The first kappa shape index (κ1) is 19.8. The lowest BCUT2D eigenvalue weighted by Gasteiger charge is -2.16. The molecule has 4 aromatic rings. The molecular weight excluding hydrogens is 404 g/mol. The fourth-order valence-electron chi connectivity index (χ4n) is 3.49. The van der Waals surface area contributed by atoms with E-state index in [1.54, 1.807) is 55.6 Å². The predicted molar refractivity (Wildman–Crippen MR) is 119 cm³/mol. The highest BCUT2D eigenvalue weighted by molar-refractivity contribution is 6.32. The van der Waals surface area contributed by atoms with Gasteiger partial charge in [-0.1, -0.05) is 23.7 Å². The maximum absolute atomic E-state index is 13.0. The van der Waals surface area contributed by atoms with Gasteiger partial charge in [-0.25, -0.2) is 0 Å². The molecule has 0 fully saturated rings. The van der Waals surface area contributed by atoms with Crippen molar-refractivity contribution < 1.29 is 14.3 Å². The normalized spacial score (nSPS) is 10.9. The lowest BCUT2D eigenvalue weighted by Crippen LogP contribution is -2.21. The molecule has 0 atom stereocenters. The van der Waals surface area contributed by atoms with E-state index in [1.807, 2.05) is 16.7 Å². The molecule has 0 bridgehead atoms. The molecule has 0 saturated heterocycles. The van der Waals surface area contributed by atoms with Crippen LogP contribution in [0.5, 0.6) is 11.5 Å². The van der Waals surface area contributed by atoms with Crippen molar-refractivity contribution in [3.8, 4) is 11.5 Å². The van der Waals surface area contributed by atoms with Gasteiger partial charge in [0, 0.05) is 16.5 Å². The predicted octanol–water partition coefficient (Wildman–Crippen LogP) is 4.46. The number of nitrogens with zero attached hydrogens (tertiary/aromatic N) is 1. The quantitative estimate of drug-likeness (QED) is 0.482. The fraction of sp³-hybridized carbons (Fsp3) is 0.130. The maximum Gasteiger partial charge on any atom is 0.244 e. The summed E-state index contributed by atoms with van der Waals surface area (Å²) < 4.78 is 12.2. The minimum absolute atomic E-state index is 0.0211. The van der Waals surface area contributed by atoms with E-state index in [0.29, 0.717) is 44.0 Å². The summed E-state index contributed by atoms with van der Waals surface area (Å²) in [5.74, 6) is 0.863. The molecule has 0 saturated carbocycles. The van der Waals surface area contributed by atoms with Crippen molar-refractivity contribution in [2.75, 3.05) is 19.5 Å². The molecule has 0 spiro atoms. The molecule has 152 valence electrons. The van der Waals surface area contributed by atoms with Crippen molar-refractivity contribution in [3.05, 3.63) is 75.9 Å². The number of methoxy groups -OCH3 is 2. The van der Waals surface area contributed by atoms with Crippen LogP contribution in [0.1, 0.15) is 0 Å². The van der Waals surface area contributed by atoms with Crippen LogP contribution in [0.25, 0.3) is 21.8 Å². The Morgan fingerprint density at radius 1 is 0.967 bits per heavy atom. The second kappa shape index (κ2) is 8.08. The Morgan fingerprint density at radius 3 is 2.47 bits per heavy atom.